The third kappa shape index (κ3) is 3.22. The third-order valence-electron chi connectivity index (χ3n) is 2.81. The summed E-state index contributed by atoms with van der Waals surface area (Å²) in [4.78, 5) is 0. The van der Waals surface area contributed by atoms with Crippen molar-refractivity contribution in [3.8, 4) is 5.75 Å². The largest absolute Gasteiger partial charge is 0.490 e. The van der Waals surface area contributed by atoms with E-state index in [-0.39, 0.29) is 0 Å². The van der Waals surface area contributed by atoms with Crippen LogP contribution in [-0.2, 0) is 0 Å². The first-order valence-corrected chi connectivity index (χ1v) is 6.30. The fraction of sp³-hybridized carbons (Fsp3) is 0.333. The number of ether oxygens (including phenoxy) is 1. The molecule has 3 nitrogen and oxygen atoms in total. The topological polar surface area (TPSA) is 41.5 Å². The molecule has 0 spiro atoms. The van der Waals surface area contributed by atoms with Gasteiger partial charge in [0.15, 0.2) is 0 Å². The minimum Gasteiger partial charge on any atom is -0.490 e. The van der Waals surface area contributed by atoms with Crippen molar-refractivity contribution in [3.63, 3.8) is 0 Å². The molecular weight excluding hydrogens is 226 g/mol. The average Bonchev–Trinajstić information content (AvgIpc) is 2.42. The summed E-state index contributed by atoms with van der Waals surface area (Å²) in [5.41, 5.74) is 0. The molecule has 2 N–H and O–H groups in total. The second-order valence-electron chi connectivity index (χ2n) is 4.25. The normalized spacial score (nSPS) is 12.6. The molecule has 0 aromatic heterocycles. The van der Waals surface area contributed by atoms with Crippen LogP contribution in [0.15, 0.2) is 42.5 Å². The van der Waals surface area contributed by atoms with Gasteiger partial charge in [0.25, 0.3) is 0 Å². The van der Waals surface area contributed by atoms with Crippen molar-refractivity contribution >= 4 is 10.8 Å². The molecule has 0 amide bonds. The number of hydrogen-bond donors (Lipinski definition) is 2. The zero-order valence-corrected chi connectivity index (χ0v) is 10.6. The maximum atomic E-state index is 9.73. The summed E-state index contributed by atoms with van der Waals surface area (Å²) in [6, 6.07) is 14.0. The molecule has 18 heavy (non-hydrogen) atoms. The lowest BCUT2D eigenvalue weighted by Crippen LogP contribution is -2.31. The highest BCUT2D eigenvalue weighted by molar-refractivity contribution is 5.88. The molecule has 0 heterocycles. The number of benzene rings is 2. The second kappa shape index (κ2) is 6.38. The van der Waals surface area contributed by atoms with E-state index in [0.717, 1.165) is 23.1 Å². The number of nitrogens with one attached hydrogen (secondary N) is 1. The quantitative estimate of drug-likeness (QED) is 0.819. The molecule has 3 heteroatoms. The van der Waals surface area contributed by atoms with Crippen LogP contribution in [-0.4, -0.2) is 30.9 Å². The smallest absolute Gasteiger partial charge is 0.127 e. The summed E-state index contributed by atoms with van der Waals surface area (Å²) in [6.07, 6.45) is -0.482. The molecule has 2 rings (SSSR count). The summed E-state index contributed by atoms with van der Waals surface area (Å²) in [7, 11) is 0. The SMILES string of the molecule is CCNCC(O)COc1cccc2ccccc12. The summed E-state index contributed by atoms with van der Waals surface area (Å²) in [5, 5.41) is 15.0. The number of aliphatic hydroxyl groups is 1. The van der Waals surface area contributed by atoms with Gasteiger partial charge in [0.2, 0.25) is 0 Å². The molecular formula is C15H19NO2. The highest BCUT2D eigenvalue weighted by Crippen LogP contribution is 2.25. The molecule has 1 unspecified atom stereocenters. The standard InChI is InChI=1S/C15H19NO2/c1-2-16-10-13(17)11-18-15-9-5-7-12-6-3-4-8-14(12)15/h3-9,13,16-17H,2,10-11H2,1H3. The van der Waals surface area contributed by atoms with Crippen molar-refractivity contribution in [2.75, 3.05) is 19.7 Å². The van der Waals surface area contributed by atoms with Gasteiger partial charge in [0.1, 0.15) is 18.5 Å². The highest BCUT2D eigenvalue weighted by Gasteiger charge is 2.06. The van der Waals surface area contributed by atoms with Gasteiger partial charge in [-0.05, 0) is 18.0 Å². The van der Waals surface area contributed by atoms with Crippen LogP contribution in [0, 0.1) is 0 Å². The first kappa shape index (κ1) is 12.9. The molecule has 2 aromatic carbocycles. The van der Waals surface area contributed by atoms with Gasteiger partial charge in [-0.25, -0.2) is 0 Å². The number of aliphatic hydroxyl groups excluding tert-OH is 1. The Morgan fingerprint density at radius 3 is 2.78 bits per heavy atom. The Morgan fingerprint density at radius 2 is 1.94 bits per heavy atom. The van der Waals surface area contributed by atoms with E-state index in [0.29, 0.717) is 13.2 Å². The summed E-state index contributed by atoms with van der Waals surface area (Å²) in [6.45, 7) is 3.73. The lowest BCUT2D eigenvalue weighted by molar-refractivity contribution is 0.108. The molecule has 0 fully saturated rings. The molecule has 0 saturated carbocycles. The minimum absolute atomic E-state index is 0.307. The van der Waals surface area contributed by atoms with Crippen LogP contribution in [0.2, 0.25) is 0 Å². The fourth-order valence-corrected chi connectivity index (χ4v) is 1.88. The van der Waals surface area contributed by atoms with E-state index < -0.39 is 6.10 Å². The Kier molecular flexibility index (Phi) is 4.56. The Labute approximate surface area is 107 Å². The lowest BCUT2D eigenvalue weighted by atomic mass is 10.1. The van der Waals surface area contributed by atoms with Gasteiger partial charge in [-0.2, -0.15) is 0 Å². The van der Waals surface area contributed by atoms with Gasteiger partial charge in [-0.15, -0.1) is 0 Å². The third-order valence-corrected chi connectivity index (χ3v) is 2.81. The lowest BCUT2D eigenvalue weighted by Gasteiger charge is -2.14. The van der Waals surface area contributed by atoms with Crippen molar-refractivity contribution in [1.29, 1.82) is 0 Å². The van der Waals surface area contributed by atoms with E-state index in [1.165, 1.54) is 0 Å². The molecule has 96 valence electrons. The average molecular weight is 245 g/mol. The van der Waals surface area contributed by atoms with Gasteiger partial charge in [-0.3, -0.25) is 0 Å². The van der Waals surface area contributed by atoms with Crippen LogP contribution in [0.25, 0.3) is 10.8 Å². The first-order valence-electron chi connectivity index (χ1n) is 6.30. The predicted octanol–water partition coefficient (Wildman–Crippen LogP) is 2.19. The molecule has 2 aromatic rings. The number of hydrogen-bond acceptors (Lipinski definition) is 3. The number of fused-ring (bicyclic) bond motifs is 1. The molecule has 0 bridgehead atoms. The zero-order valence-electron chi connectivity index (χ0n) is 10.6. The molecule has 1 atom stereocenters. The Hall–Kier alpha value is -1.58. The Balaban J connectivity index is 2.03. The van der Waals surface area contributed by atoms with E-state index in [1.807, 2.05) is 37.3 Å². The molecule has 0 saturated heterocycles. The van der Waals surface area contributed by atoms with Gasteiger partial charge >= 0.3 is 0 Å². The Morgan fingerprint density at radius 1 is 1.17 bits per heavy atom. The second-order valence-corrected chi connectivity index (χ2v) is 4.25. The van der Waals surface area contributed by atoms with E-state index in [4.69, 9.17) is 4.74 Å². The van der Waals surface area contributed by atoms with Crippen molar-refractivity contribution in [2.24, 2.45) is 0 Å². The van der Waals surface area contributed by atoms with Crippen LogP contribution in [0.5, 0.6) is 5.75 Å². The minimum atomic E-state index is -0.482. The van der Waals surface area contributed by atoms with Crippen molar-refractivity contribution in [1.82, 2.24) is 5.32 Å². The monoisotopic (exact) mass is 245 g/mol. The van der Waals surface area contributed by atoms with Gasteiger partial charge < -0.3 is 15.2 Å². The summed E-state index contributed by atoms with van der Waals surface area (Å²) < 4.78 is 5.69. The van der Waals surface area contributed by atoms with E-state index >= 15 is 0 Å². The maximum absolute atomic E-state index is 9.73. The molecule has 0 aliphatic heterocycles. The zero-order chi connectivity index (χ0) is 12.8. The van der Waals surface area contributed by atoms with Crippen molar-refractivity contribution < 1.29 is 9.84 Å². The van der Waals surface area contributed by atoms with Gasteiger partial charge in [0.05, 0.1) is 0 Å². The number of likely N-dealkylation sites (N-methyl/N-ethyl adjacent to an activating group) is 1. The molecule has 0 aliphatic rings. The van der Waals surface area contributed by atoms with Crippen LogP contribution in [0.3, 0.4) is 0 Å². The van der Waals surface area contributed by atoms with Crippen molar-refractivity contribution in [2.45, 2.75) is 13.0 Å². The summed E-state index contributed by atoms with van der Waals surface area (Å²) in [5.74, 6) is 0.823. The van der Waals surface area contributed by atoms with Crippen LogP contribution >= 0.6 is 0 Å². The molecule has 0 aliphatic carbocycles. The predicted molar refractivity (Wildman–Crippen MR) is 74.0 cm³/mol. The van der Waals surface area contributed by atoms with Crippen LogP contribution in [0.1, 0.15) is 6.92 Å². The van der Waals surface area contributed by atoms with E-state index in [9.17, 15) is 5.11 Å². The van der Waals surface area contributed by atoms with Gasteiger partial charge in [-0.1, -0.05) is 43.3 Å². The summed E-state index contributed by atoms with van der Waals surface area (Å²) >= 11 is 0. The maximum Gasteiger partial charge on any atom is 0.127 e. The van der Waals surface area contributed by atoms with Crippen LogP contribution < -0.4 is 10.1 Å². The number of rotatable bonds is 6. The van der Waals surface area contributed by atoms with E-state index in [2.05, 4.69) is 17.4 Å². The van der Waals surface area contributed by atoms with Gasteiger partial charge in [0, 0.05) is 11.9 Å². The van der Waals surface area contributed by atoms with E-state index in [1.54, 1.807) is 0 Å². The highest BCUT2D eigenvalue weighted by atomic mass is 16.5. The molecule has 0 radical (unpaired) electrons. The first-order chi connectivity index (χ1) is 8.81. The fourth-order valence-electron chi connectivity index (χ4n) is 1.88. The van der Waals surface area contributed by atoms with Crippen LogP contribution in [0.4, 0.5) is 0 Å². The Bertz CT molecular complexity index is 493. The van der Waals surface area contributed by atoms with Crippen molar-refractivity contribution in [3.05, 3.63) is 42.5 Å².